The Morgan fingerprint density at radius 3 is 2.59 bits per heavy atom. The molecule has 0 aliphatic heterocycles. The summed E-state index contributed by atoms with van der Waals surface area (Å²) in [5, 5.41) is 0. The third kappa shape index (κ3) is 3.03. The highest BCUT2D eigenvalue weighted by atomic mass is 16.6. The standard InChI is InChI=1S/C14H14O3/c15-13(11-7-3-1-4-8-11)17-14(16)12-9-5-2-6-10-12/h1,3-5,7-9,12H,2,6,10H2. The predicted molar refractivity (Wildman–Crippen MR) is 63.3 cm³/mol. The molecular formula is C14H14O3. The maximum atomic E-state index is 11.7. The minimum Gasteiger partial charge on any atom is -0.389 e. The fraction of sp³-hybridized carbons (Fsp3) is 0.286. The molecule has 17 heavy (non-hydrogen) atoms. The average molecular weight is 230 g/mol. The Balaban J connectivity index is 1.97. The lowest BCUT2D eigenvalue weighted by molar-refractivity contribution is -0.141. The number of esters is 2. The van der Waals surface area contributed by atoms with Gasteiger partial charge in [-0.25, -0.2) is 4.79 Å². The maximum absolute atomic E-state index is 11.7. The van der Waals surface area contributed by atoms with Crippen LogP contribution in [0.25, 0.3) is 0 Å². The Labute approximate surface area is 100 Å². The zero-order valence-electron chi connectivity index (χ0n) is 9.46. The van der Waals surface area contributed by atoms with Crippen molar-refractivity contribution in [3.8, 4) is 0 Å². The van der Waals surface area contributed by atoms with Crippen molar-refractivity contribution < 1.29 is 14.3 Å². The zero-order valence-corrected chi connectivity index (χ0v) is 9.46. The van der Waals surface area contributed by atoms with Gasteiger partial charge in [0, 0.05) is 0 Å². The van der Waals surface area contributed by atoms with Crippen LogP contribution in [-0.4, -0.2) is 11.9 Å². The summed E-state index contributed by atoms with van der Waals surface area (Å²) in [6, 6.07) is 8.55. The molecule has 0 bridgehead atoms. The molecule has 0 aromatic heterocycles. The third-order valence-corrected chi connectivity index (χ3v) is 2.76. The lowest BCUT2D eigenvalue weighted by Crippen LogP contribution is -2.21. The van der Waals surface area contributed by atoms with E-state index < -0.39 is 11.9 Å². The van der Waals surface area contributed by atoms with E-state index in [2.05, 4.69) is 0 Å². The molecule has 0 N–H and O–H groups in total. The van der Waals surface area contributed by atoms with Crippen LogP contribution in [0.2, 0.25) is 0 Å². The number of hydrogen-bond donors (Lipinski definition) is 0. The van der Waals surface area contributed by atoms with Crippen molar-refractivity contribution in [3.05, 3.63) is 48.0 Å². The summed E-state index contributed by atoms with van der Waals surface area (Å²) < 4.78 is 4.85. The van der Waals surface area contributed by atoms with E-state index in [9.17, 15) is 9.59 Å². The summed E-state index contributed by atoms with van der Waals surface area (Å²) in [5.74, 6) is -1.29. The number of ether oxygens (including phenoxy) is 1. The molecular weight excluding hydrogens is 216 g/mol. The number of carbonyl (C=O) groups excluding carboxylic acids is 2. The molecule has 0 spiro atoms. The van der Waals surface area contributed by atoms with Crippen molar-refractivity contribution in [2.45, 2.75) is 19.3 Å². The topological polar surface area (TPSA) is 43.4 Å². The largest absolute Gasteiger partial charge is 0.389 e. The molecule has 88 valence electrons. The SMILES string of the molecule is O=C(OC(=O)C1C=CCCC1)c1ccccc1. The molecule has 3 heteroatoms. The molecule has 3 nitrogen and oxygen atoms in total. The van der Waals surface area contributed by atoms with Gasteiger partial charge in [0.25, 0.3) is 0 Å². The van der Waals surface area contributed by atoms with E-state index in [-0.39, 0.29) is 5.92 Å². The van der Waals surface area contributed by atoms with E-state index in [1.54, 1.807) is 24.3 Å². The van der Waals surface area contributed by atoms with E-state index >= 15 is 0 Å². The van der Waals surface area contributed by atoms with Crippen LogP contribution in [0.4, 0.5) is 0 Å². The van der Waals surface area contributed by atoms with E-state index in [1.165, 1.54) is 0 Å². The number of allylic oxidation sites excluding steroid dienone is 1. The molecule has 0 saturated carbocycles. The van der Waals surface area contributed by atoms with E-state index in [0.29, 0.717) is 5.56 Å². The van der Waals surface area contributed by atoms with E-state index in [1.807, 2.05) is 18.2 Å². The molecule has 0 amide bonds. The first kappa shape index (κ1) is 11.6. The normalized spacial score (nSPS) is 18.7. The average Bonchev–Trinajstić information content (AvgIpc) is 2.40. The van der Waals surface area contributed by atoms with Gasteiger partial charge in [-0.2, -0.15) is 0 Å². The van der Waals surface area contributed by atoms with Gasteiger partial charge < -0.3 is 4.74 Å². The van der Waals surface area contributed by atoms with Crippen LogP contribution in [0.3, 0.4) is 0 Å². The van der Waals surface area contributed by atoms with Crippen LogP contribution >= 0.6 is 0 Å². The van der Waals surface area contributed by atoms with Crippen molar-refractivity contribution in [1.82, 2.24) is 0 Å². The van der Waals surface area contributed by atoms with Crippen molar-refractivity contribution in [1.29, 1.82) is 0 Å². The highest BCUT2D eigenvalue weighted by molar-refractivity contribution is 5.97. The molecule has 0 heterocycles. The van der Waals surface area contributed by atoms with E-state index in [4.69, 9.17) is 4.74 Å². The van der Waals surface area contributed by atoms with Gasteiger partial charge in [-0.1, -0.05) is 30.4 Å². The third-order valence-electron chi connectivity index (χ3n) is 2.76. The van der Waals surface area contributed by atoms with Crippen molar-refractivity contribution >= 4 is 11.9 Å². The molecule has 1 aliphatic rings. The van der Waals surface area contributed by atoms with Crippen LogP contribution in [0, 0.1) is 5.92 Å². The summed E-state index contributed by atoms with van der Waals surface area (Å²) in [7, 11) is 0. The molecule has 1 aromatic rings. The van der Waals surface area contributed by atoms with Crippen LogP contribution in [0.5, 0.6) is 0 Å². The molecule has 0 saturated heterocycles. The first-order valence-electron chi connectivity index (χ1n) is 5.75. The molecule has 1 aliphatic carbocycles. The first-order chi connectivity index (χ1) is 8.27. The number of benzene rings is 1. The van der Waals surface area contributed by atoms with Gasteiger partial charge in [-0.05, 0) is 31.4 Å². The second-order valence-electron chi connectivity index (χ2n) is 4.04. The highest BCUT2D eigenvalue weighted by Gasteiger charge is 2.22. The van der Waals surface area contributed by atoms with Crippen LogP contribution in [0.1, 0.15) is 29.6 Å². The second-order valence-corrected chi connectivity index (χ2v) is 4.04. The van der Waals surface area contributed by atoms with Crippen molar-refractivity contribution in [3.63, 3.8) is 0 Å². The fourth-order valence-electron chi connectivity index (χ4n) is 1.81. The lowest BCUT2D eigenvalue weighted by Gasteiger charge is -2.14. The molecule has 1 unspecified atom stereocenters. The summed E-state index contributed by atoms with van der Waals surface area (Å²) in [6.45, 7) is 0. The minimum absolute atomic E-state index is 0.267. The molecule has 1 aromatic carbocycles. The molecule has 1 atom stereocenters. The predicted octanol–water partition coefficient (Wildman–Crippen LogP) is 2.73. The quantitative estimate of drug-likeness (QED) is 0.445. The van der Waals surface area contributed by atoms with E-state index in [0.717, 1.165) is 19.3 Å². The smallest absolute Gasteiger partial charge is 0.345 e. The summed E-state index contributed by atoms with van der Waals surface area (Å²) in [6.07, 6.45) is 6.51. The Bertz CT molecular complexity index is 434. The highest BCUT2D eigenvalue weighted by Crippen LogP contribution is 2.18. The Morgan fingerprint density at radius 1 is 1.18 bits per heavy atom. The monoisotopic (exact) mass is 230 g/mol. The lowest BCUT2D eigenvalue weighted by atomic mass is 9.96. The summed E-state index contributed by atoms with van der Waals surface area (Å²) >= 11 is 0. The number of hydrogen-bond acceptors (Lipinski definition) is 3. The summed E-state index contributed by atoms with van der Waals surface area (Å²) in [5.41, 5.74) is 0.403. The Kier molecular flexibility index (Phi) is 3.70. The number of rotatable bonds is 2. The van der Waals surface area contributed by atoms with Crippen molar-refractivity contribution in [2.24, 2.45) is 5.92 Å². The van der Waals surface area contributed by atoms with Gasteiger partial charge in [0.05, 0.1) is 11.5 Å². The first-order valence-corrected chi connectivity index (χ1v) is 5.75. The number of carbonyl (C=O) groups is 2. The molecule has 0 radical (unpaired) electrons. The molecule has 2 rings (SSSR count). The van der Waals surface area contributed by atoms with Crippen molar-refractivity contribution in [2.75, 3.05) is 0 Å². The van der Waals surface area contributed by atoms with Gasteiger partial charge in [0.15, 0.2) is 0 Å². The van der Waals surface area contributed by atoms with Gasteiger partial charge >= 0.3 is 11.9 Å². The molecule has 0 fully saturated rings. The van der Waals surface area contributed by atoms with Gasteiger partial charge in [0.2, 0.25) is 0 Å². The Morgan fingerprint density at radius 2 is 1.94 bits per heavy atom. The van der Waals surface area contributed by atoms with Gasteiger partial charge in [-0.15, -0.1) is 0 Å². The van der Waals surface area contributed by atoms with Gasteiger partial charge in [0.1, 0.15) is 0 Å². The zero-order chi connectivity index (χ0) is 12.1. The summed E-state index contributed by atoms with van der Waals surface area (Å²) in [4.78, 5) is 23.3. The van der Waals surface area contributed by atoms with Gasteiger partial charge in [-0.3, -0.25) is 4.79 Å². The second kappa shape index (κ2) is 5.43. The minimum atomic E-state index is -0.574. The van der Waals surface area contributed by atoms with Crippen LogP contribution in [0.15, 0.2) is 42.5 Å². The Hall–Kier alpha value is -1.90. The fourth-order valence-corrected chi connectivity index (χ4v) is 1.81. The van der Waals surface area contributed by atoms with Crippen LogP contribution < -0.4 is 0 Å². The maximum Gasteiger partial charge on any atom is 0.345 e. The van der Waals surface area contributed by atoms with Crippen LogP contribution in [-0.2, 0) is 9.53 Å².